The average molecular weight is 659 g/mol. The van der Waals surface area contributed by atoms with Gasteiger partial charge in [-0.05, 0) is 45.9 Å². The number of hydrogen-bond acceptors (Lipinski definition) is 11. The van der Waals surface area contributed by atoms with Crippen LogP contribution in [0.3, 0.4) is 0 Å². The monoisotopic (exact) mass is 658 g/mol. The van der Waals surface area contributed by atoms with Crippen molar-refractivity contribution in [3.05, 3.63) is 58.6 Å². The maximum Gasteiger partial charge on any atom is 0.522 e. The Kier molecular flexibility index (Phi) is 13.8. The molecule has 0 bridgehead atoms. The number of hydrogen-bond donors (Lipinski definition) is 2. The number of benzene rings is 1. The van der Waals surface area contributed by atoms with Gasteiger partial charge in [0.25, 0.3) is 14.4 Å². The molecule has 1 aromatic heterocycles. The Bertz CT molecular complexity index is 1320. The van der Waals surface area contributed by atoms with Gasteiger partial charge in [-0.3, -0.25) is 14.1 Å². The van der Waals surface area contributed by atoms with E-state index in [9.17, 15) is 22.8 Å². The van der Waals surface area contributed by atoms with E-state index in [0.717, 1.165) is 4.57 Å². The summed E-state index contributed by atoms with van der Waals surface area (Å²) in [7, 11) is -1.66. The number of amides is 1. The van der Waals surface area contributed by atoms with Crippen LogP contribution in [0.5, 0.6) is 0 Å². The largest absolute Gasteiger partial charge is 0.522 e. The lowest BCUT2D eigenvalue weighted by molar-refractivity contribution is -0.327. The zero-order valence-corrected chi connectivity index (χ0v) is 26.2. The Balaban J connectivity index is 1.80. The third kappa shape index (κ3) is 10.8. The first-order valence-corrected chi connectivity index (χ1v) is 15.4. The van der Waals surface area contributed by atoms with Crippen molar-refractivity contribution in [2.45, 2.75) is 77.0 Å². The third-order valence-electron chi connectivity index (χ3n) is 6.46. The fourth-order valence-corrected chi connectivity index (χ4v) is 6.18. The molecular weight excluding hydrogens is 620 g/mol. The van der Waals surface area contributed by atoms with Gasteiger partial charge >= 0.3 is 12.1 Å². The van der Waals surface area contributed by atoms with Crippen LogP contribution in [-0.2, 0) is 23.3 Å². The van der Waals surface area contributed by atoms with Gasteiger partial charge in [-0.25, -0.2) is 9.46 Å². The predicted octanol–water partition coefficient (Wildman–Crippen LogP) is 3.93. The lowest BCUT2D eigenvalue weighted by atomic mass is 10.1. The highest BCUT2D eigenvalue weighted by Crippen LogP contribution is 2.47. The number of halogens is 3. The summed E-state index contributed by atoms with van der Waals surface area (Å²) < 4.78 is 68.3. The van der Waals surface area contributed by atoms with Crippen LogP contribution in [0.1, 0.15) is 50.7 Å². The molecule has 1 saturated heterocycles. The Morgan fingerprint density at radius 3 is 2.44 bits per heavy atom. The molecule has 1 aliphatic heterocycles. The van der Waals surface area contributed by atoms with E-state index in [1.807, 2.05) is 38.4 Å². The number of nitriles is 1. The van der Waals surface area contributed by atoms with Gasteiger partial charge in [-0.15, -0.1) is 13.2 Å². The Morgan fingerprint density at radius 1 is 1.16 bits per heavy atom. The van der Waals surface area contributed by atoms with E-state index in [1.165, 1.54) is 12.3 Å². The maximum absolute atomic E-state index is 13.1. The molecule has 17 heteroatoms. The molecular formula is C28H38F3N6O7P. The number of alkyl halides is 3. The molecule has 0 radical (unpaired) electrons. The molecule has 1 fully saturated rings. The summed E-state index contributed by atoms with van der Waals surface area (Å²) in [6.07, 6.45) is -6.56. The summed E-state index contributed by atoms with van der Waals surface area (Å²) in [5, 5.41) is 11.5. The van der Waals surface area contributed by atoms with Gasteiger partial charge in [0.1, 0.15) is 18.0 Å². The predicted molar refractivity (Wildman–Crippen MR) is 158 cm³/mol. The molecule has 45 heavy (non-hydrogen) atoms. The highest BCUT2D eigenvalue weighted by molar-refractivity contribution is 7.44. The van der Waals surface area contributed by atoms with Crippen molar-refractivity contribution in [2.75, 3.05) is 31.7 Å². The van der Waals surface area contributed by atoms with Crippen LogP contribution in [0, 0.1) is 11.3 Å². The molecule has 13 nitrogen and oxygen atoms in total. The van der Waals surface area contributed by atoms with E-state index in [4.69, 9.17) is 29.5 Å². The second-order valence-corrected chi connectivity index (χ2v) is 11.9. The molecule has 2 heterocycles. The van der Waals surface area contributed by atoms with E-state index < -0.39 is 64.2 Å². The van der Waals surface area contributed by atoms with Crippen molar-refractivity contribution >= 4 is 20.3 Å². The molecule has 0 saturated carbocycles. The summed E-state index contributed by atoms with van der Waals surface area (Å²) in [4.78, 5) is 29.5. The van der Waals surface area contributed by atoms with Crippen molar-refractivity contribution < 1.29 is 41.2 Å². The number of ether oxygens (including phenoxy) is 3. The number of carbonyl (C=O) groups is 1. The van der Waals surface area contributed by atoms with E-state index in [0.29, 0.717) is 5.56 Å². The summed E-state index contributed by atoms with van der Waals surface area (Å²) in [6.45, 7) is 6.59. The van der Waals surface area contributed by atoms with Crippen LogP contribution in [0.4, 0.5) is 19.0 Å². The summed E-state index contributed by atoms with van der Waals surface area (Å²) >= 11 is 0. The maximum atomic E-state index is 13.1. The molecule has 1 aromatic carbocycles. The normalized spacial score (nSPS) is 20.9. The SMILES string of the molecule is CC(C)N(C(C)C)P(OCCC#N)OC[C@H]1O[C@@H](n2ccc(NC(=O)c3ccccc3)nc2=O)[C@H](OCCOC(F)(F)F)[C@@H]1N. The third-order valence-corrected chi connectivity index (χ3v) is 8.53. The summed E-state index contributed by atoms with van der Waals surface area (Å²) in [5.74, 6) is -0.501. The molecule has 1 aliphatic rings. The van der Waals surface area contributed by atoms with Crippen LogP contribution in [-0.4, -0.2) is 83.3 Å². The standard InChI is InChI=1S/C28H38F3N6O7P/c1-18(2)37(19(3)4)45(42-14-8-12-32)43-17-21-23(33)24(40-15-16-41-28(29,30)31)26(44-21)36-13-11-22(35-27(36)39)34-25(38)20-9-6-5-7-10-20/h5-7,9-11,13,18-19,21,23-24,26H,8,14-17,33H2,1-4H3,(H,34,35,38,39)/t21-,23-,24-,26-,45?/m1/s1. The van der Waals surface area contributed by atoms with Crippen LogP contribution in [0.25, 0.3) is 0 Å². The van der Waals surface area contributed by atoms with E-state index in [1.54, 1.807) is 30.3 Å². The smallest absolute Gasteiger partial charge is 0.369 e. The Morgan fingerprint density at radius 2 is 1.84 bits per heavy atom. The van der Waals surface area contributed by atoms with Crippen molar-refractivity contribution in [2.24, 2.45) is 5.73 Å². The zero-order chi connectivity index (χ0) is 33.1. The Hall–Kier alpha value is -3.00. The average Bonchev–Trinajstić information content (AvgIpc) is 3.28. The van der Waals surface area contributed by atoms with Gasteiger partial charge in [0.15, 0.2) is 6.23 Å². The molecule has 1 unspecified atom stereocenters. The second-order valence-electron chi connectivity index (χ2n) is 10.4. The molecule has 3 N–H and O–H groups in total. The molecule has 0 spiro atoms. The van der Waals surface area contributed by atoms with Crippen LogP contribution < -0.4 is 16.7 Å². The number of nitrogens with zero attached hydrogens (tertiary/aromatic N) is 4. The number of aromatic nitrogens is 2. The fraction of sp³-hybridized carbons (Fsp3) is 0.571. The van der Waals surface area contributed by atoms with Crippen LogP contribution in [0.15, 0.2) is 47.4 Å². The molecule has 2 aromatic rings. The van der Waals surface area contributed by atoms with Crippen molar-refractivity contribution in [1.29, 1.82) is 5.26 Å². The van der Waals surface area contributed by atoms with Crippen molar-refractivity contribution in [3.63, 3.8) is 0 Å². The van der Waals surface area contributed by atoms with Crippen LogP contribution in [0.2, 0.25) is 0 Å². The lowest BCUT2D eigenvalue weighted by Crippen LogP contribution is -2.44. The second kappa shape index (κ2) is 17.1. The summed E-state index contributed by atoms with van der Waals surface area (Å²) in [6, 6.07) is 10.8. The first-order chi connectivity index (χ1) is 21.3. The minimum Gasteiger partial charge on any atom is -0.369 e. The van der Waals surface area contributed by atoms with Gasteiger partial charge in [-0.1, -0.05) is 18.2 Å². The molecule has 0 aliphatic carbocycles. The van der Waals surface area contributed by atoms with Gasteiger partial charge in [0.2, 0.25) is 0 Å². The van der Waals surface area contributed by atoms with Gasteiger partial charge < -0.3 is 29.6 Å². The fourth-order valence-electron chi connectivity index (χ4n) is 4.56. The van der Waals surface area contributed by atoms with Gasteiger partial charge in [0.05, 0.1) is 45.0 Å². The number of anilines is 1. The number of nitrogens with one attached hydrogen (secondary N) is 1. The van der Waals surface area contributed by atoms with E-state index in [-0.39, 0.29) is 37.5 Å². The molecule has 248 valence electrons. The van der Waals surface area contributed by atoms with Gasteiger partial charge in [-0.2, -0.15) is 10.2 Å². The highest BCUT2D eigenvalue weighted by Gasteiger charge is 2.46. The lowest BCUT2D eigenvalue weighted by Gasteiger charge is -2.36. The first-order valence-electron chi connectivity index (χ1n) is 14.2. The minimum absolute atomic E-state index is 0.0223. The topological polar surface area (TPSA) is 163 Å². The highest BCUT2D eigenvalue weighted by atomic mass is 31.2. The van der Waals surface area contributed by atoms with E-state index in [2.05, 4.69) is 15.0 Å². The quantitative estimate of drug-likeness (QED) is 0.198. The van der Waals surface area contributed by atoms with Gasteiger partial charge in [0, 0.05) is 23.8 Å². The molecule has 1 amide bonds. The van der Waals surface area contributed by atoms with Crippen LogP contribution >= 0.6 is 8.53 Å². The van der Waals surface area contributed by atoms with Crippen molar-refractivity contribution in [1.82, 2.24) is 14.2 Å². The number of nitrogens with two attached hydrogens (primary N) is 1. The molecule has 3 rings (SSSR count). The van der Waals surface area contributed by atoms with Crippen molar-refractivity contribution in [3.8, 4) is 6.07 Å². The minimum atomic E-state index is -4.85. The number of rotatable bonds is 16. The Labute approximate surface area is 260 Å². The van der Waals surface area contributed by atoms with E-state index >= 15 is 0 Å². The molecule has 5 atom stereocenters. The first kappa shape index (κ1) is 36.5. The number of carbonyl (C=O) groups excluding carboxylic acids is 1. The zero-order valence-electron chi connectivity index (χ0n) is 25.3. The summed E-state index contributed by atoms with van der Waals surface area (Å²) in [5.41, 5.74) is 5.99.